The molecule has 11 nitrogen and oxygen atoms in total. The first-order valence-corrected chi connectivity index (χ1v) is 13.0. The normalized spacial score (nSPS) is 16.7. The monoisotopic (exact) mass is 584 g/mol. The quantitative estimate of drug-likeness (QED) is 0.231. The fraction of sp³-hybridized carbons (Fsp3) is 0.370. The predicted octanol–water partition coefficient (Wildman–Crippen LogP) is 5.04. The Balaban J connectivity index is 1.22. The summed E-state index contributed by atoms with van der Waals surface area (Å²) in [7, 11) is -1.13. The summed E-state index contributed by atoms with van der Waals surface area (Å²) in [6, 6.07) is 0.922. The minimum atomic E-state index is -4.68. The summed E-state index contributed by atoms with van der Waals surface area (Å²) >= 11 is 0. The number of fused-ring (bicyclic) bond motifs is 1. The van der Waals surface area contributed by atoms with Crippen molar-refractivity contribution in [3.8, 4) is 34.7 Å². The smallest absolute Gasteiger partial charge is 0.434 e. The Morgan fingerprint density at radius 2 is 1.88 bits per heavy atom. The lowest BCUT2D eigenvalue weighted by atomic mass is 10.1. The van der Waals surface area contributed by atoms with Crippen LogP contribution in [0, 0.1) is 5.82 Å². The van der Waals surface area contributed by atoms with Gasteiger partial charge in [0.2, 0.25) is 11.8 Å². The maximum atomic E-state index is 15.3. The van der Waals surface area contributed by atoms with E-state index < -0.39 is 24.7 Å². The summed E-state index contributed by atoms with van der Waals surface area (Å²) in [6.07, 6.45) is 3.34. The molecular weight excluding hydrogens is 558 g/mol. The topological polar surface area (TPSA) is 119 Å². The first-order valence-electron chi connectivity index (χ1n) is 14.5. The van der Waals surface area contributed by atoms with Crippen LogP contribution in [0.15, 0.2) is 31.0 Å². The molecule has 42 heavy (non-hydrogen) atoms. The van der Waals surface area contributed by atoms with Crippen molar-refractivity contribution >= 4 is 11.0 Å². The SMILES string of the molecule is [2H]C([2H])([2H])Oc1ncnc(C2CC2)c1-c1nc(OCc2cnc(-c3nc(C(F)(F)F)cn3C3CC3)c(F)c2)c2cn(C)nc2n1. The number of alkyl halides is 3. The number of rotatable bonds is 8. The second-order valence-electron chi connectivity index (χ2n) is 10.3. The number of imidazole rings is 1. The molecule has 2 fully saturated rings. The summed E-state index contributed by atoms with van der Waals surface area (Å²) < 4.78 is 92.1. The number of methoxy groups -OCH3 is 1. The molecule has 0 radical (unpaired) electrons. The summed E-state index contributed by atoms with van der Waals surface area (Å²) in [4.78, 5) is 25.2. The zero-order valence-electron chi connectivity index (χ0n) is 24.9. The molecule has 0 amide bonds. The maximum Gasteiger partial charge on any atom is 0.434 e. The Morgan fingerprint density at radius 3 is 2.60 bits per heavy atom. The van der Waals surface area contributed by atoms with Gasteiger partial charge in [0.25, 0.3) is 0 Å². The van der Waals surface area contributed by atoms with Gasteiger partial charge in [-0.25, -0.2) is 29.3 Å². The van der Waals surface area contributed by atoms with Crippen LogP contribution in [0.5, 0.6) is 11.8 Å². The molecule has 0 N–H and O–H groups in total. The van der Waals surface area contributed by atoms with Crippen molar-refractivity contribution < 1.29 is 31.1 Å². The molecule has 5 heterocycles. The highest BCUT2D eigenvalue weighted by molar-refractivity contribution is 5.82. The molecule has 2 aliphatic rings. The zero-order valence-corrected chi connectivity index (χ0v) is 21.9. The summed E-state index contributed by atoms with van der Waals surface area (Å²) in [5.74, 6) is -1.15. The second kappa shape index (κ2) is 9.70. The number of hydrogen-bond donors (Lipinski definition) is 0. The van der Waals surface area contributed by atoms with Gasteiger partial charge < -0.3 is 14.0 Å². The highest BCUT2D eigenvalue weighted by Gasteiger charge is 2.38. The lowest BCUT2D eigenvalue weighted by Crippen LogP contribution is -2.06. The molecular formula is C27H23F4N9O2. The Morgan fingerprint density at radius 1 is 1.05 bits per heavy atom. The van der Waals surface area contributed by atoms with E-state index in [0.717, 1.165) is 25.1 Å². The number of aryl methyl sites for hydroxylation is 1. The molecule has 0 bridgehead atoms. The highest BCUT2D eigenvalue weighted by atomic mass is 19.4. The fourth-order valence-corrected chi connectivity index (χ4v) is 4.76. The molecule has 0 unspecified atom stereocenters. The molecule has 0 saturated heterocycles. The van der Waals surface area contributed by atoms with Crippen LogP contribution in [0.3, 0.4) is 0 Å². The number of nitrogens with zero attached hydrogens (tertiary/aromatic N) is 9. The molecule has 2 aliphatic carbocycles. The van der Waals surface area contributed by atoms with Gasteiger partial charge in [0.05, 0.1) is 16.8 Å². The lowest BCUT2D eigenvalue weighted by Gasteiger charge is -2.12. The third-order valence-electron chi connectivity index (χ3n) is 7.03. The van der Waals surface area contributed by atoms with E-state index in [1.807, 2.05) is 0 Å². The average Bonchev–Trinajstić information content (AvgIpc) is 3.89. The summed E-state index contributed by atoms with van der Waals surface area (Å²) in [6.45, 7) is -0.227. The van der Waals surface area contributed by atoms with Crippen LogP contribution in [0.25, 0.3) is 33.9 Å². The standard InChI is InChI=1S/C27H23F4N9O2/c1-39-9-16-22(38-39)36-23(19-20(14-3-4-14)33-12-34-26(19)41-2)37-25(16)42-11-13-7-17(28)21(32-8-13)24-35-18(27(29,30)31)10-40(24)15-5-6-15/h7-10,12,14-15H,3-6,11H2,1-2H3/i2D3. The van der Waals surface area contributed by atoms with Crippen molar-refractivity contribution in [2.24, 2.45) is 7.05 Å². The van der Waals surface area contributed by atoms with E-state index in [4.69, 9.17) is 13.6 Å². The van der Waals surface area contributed by atoms with E-state index in [1.54, 1.807) is 13.2 Å². The number of halogens is 4. The van der Waals surface area contributed by atoms with Crippen LogP contribution in [-0.4, -0.2) is 51.3 Å². The molecule has 7 rings (SSSR count). The molecule has 2 saturated carbocycles. The van der Waals surface area contributed by atoms with Crippen molar-refractivity contribution in [1.82, 2.24) is 44.3 Å². The van der Waals surface area contributed by atoms with E-state index in [1.165, 1.54) is 21.8 Å². The second-order valence-corrected chi connectivity index (χ2v) is 10.3. The number of pyridine rings is 1. The minimum absolute atomic E-state index is 0.0324. The average molecular weight is 585 g/mol. The van der Waals surface area contributed by atoms with Crippen LogP contribution in [0.2, 0.25) is 0 Å². The molecule has 0 atom stereocenters. The van der Waals surface area contributed by atoms with E-state index in [9.17, 15) is 13.2 Å². The zero-order chi connectivity index (χ0) is 31.7. The van der Waals surface area contributed by atoms with Crippen molar-refractivity contribution in [3.63, 3.8) is 0 Å². The van der Waals surface area contributed by atoms with Gasteiger partial charge in [-0.05, 0) is 31.7 Å². The van der Waals surface area contributed by atoms with Gasteiger partial charge in [-0.2, -0.15) is 23.3 Å². The molecule has 5 aromatic rings. The predicted molar refractivity (Wildman–Crippen MR) is 139 cm³/mol. The van der Waals surface area contributed by atoms with E-state index in [2.05, 4.69) is 35.0 Å². The highest BCUT2D eigenvalue weighted by Crippen LogP contribution is 2.45. The van der Waals surface area contributed by atoms with Crippen LogP contribution >= 0.6 is 0 Å². The molecule has 0 aromatic carbocycles. The van der Waals surface area contributed by atoms with E-state index >= 15 is 4.39 Å². The summed E-state index contributed by atoms with van der Waals surface area (Å²) in [5.41, 5.74) is -0.185. The molecule has 5 aromatic heterocycles. The first kappa shape index (κ1) is 22.9. The third-order valence-corrected chi connectivity index (χ3v) is 7.03. The van der Waals surface area contributed by atoms with Crippen LogP contribution in [-0.2, 0) is 19.8 Å². The Kier molecular flexibility index (Phi) is 5.30. The largest absolute Gasteiger partial charge is 0.480 e. The fourth-order valence-electron chi connectivity index (χ4n) is 4.76. The van der Waals surface area contributed by atoms with Crippen molar-refractivity contribution in [1.29, 1.82) is 0 Å². The van der Waals surface area contributed by atoms with Crippen LogP contribution < -0.4 is 9.47 Å². The van der Waals surface area contributed by atoms with Gasteiger partial charge in [0, 0.05) is 43.2 Å². The summed E-state index contributed by atoms with van der Waals surface area (Å²) in [5, 5.41) is 4.76. The number of aromatic nitrogens is 9. The molecule has 216 valence electrons. The third kappa shape index (κ3) is 4.77. The van der Waals surface area contributed by atoms with Gasteiger partial charge >= 0.3 is 6.18 Å². The van der Waals surface area contributed by atoms with Crippen molar-refractivity contribution in [2.75, 3.05) is 7.04 Å². The first-order chi connectivity index (χ1) is 21.3. The van der Waals surface area contributed by atoms with E-state index in [-0.39, 0.29) is 64.4 Å². The van der Waals surface area contributed by atoms with Crippen molar-refractivity contribution in [3.05, 3.63) is 53.8 Å². The Hall–Kier alpha value is -4.69. The molecule has 0 aliphatic heterocycles. The molecule has 0 spiro atoms. The molecule has 15 heteroatoms. The maximum absolute atomic E-state index is 15.3. The lowest BCUT2D eigenvalue weighted by molar-refractivity contribution is -0.140. The van der Waals surface area contributed by atoms with Crippen LogP contribution in [0.1, 0.15) is 58.7 Å². The Bertz CT molecular complexity index is 1940. The van der Waals surface area contributed by atoms with Gasteiger partial charge in [-0.15, -0.1) is 0 Å². The Labute approximate surface area is 239 Å². The van der Waals surface area contributed by atoms with Crippen molar-refractivity contribution in [2.45, 2.75) is 50.4 Å². The van der Waals surface area contributed by atoms with E-state index in [0.29, 0.717) is 23.9 Å². The van der Waals surface area contributed by atoms with Gasteiger partial charge in [-0.1, -0.05) is 0 Å². The van der Waals surface area contributed by atoms with Gasteiger partial charge in [0.15, 0.2) is 28.8 Å². The number of hydrogen-bond acceptors (Lipinski definition) is 9. The minimum Gasteiger partial charge on any atom is -0.480 e. The van der Waals surface area contributed by atoms with Gasteiger partial charge in [0.1, 0.15) is 29.6 Å². The van der Waals surface area contributed by atoms with Crippen LogP contribution in [0.4, 0.5) is 17.6 Å². The number of ether oxygens (including phenoxy) is 2. The van der Waals surface area contributed by atoms with Gasteiger partial charge in [-0.3, -0.25) is 4.68 Å².